The van der Waals surface area contributed by atoms with Crippen molar-refractivity contribution in [3.05, 3.63) is 36.5 Å². The summed E-state index contributed by atoms with van der Waals surface area (Å²) in [7, 11) is 1.74. The zero-order valence-electron chi connectivity index (χ0n) is 19.5. The van der Waals surface area contributed by atoms with Gasteiger partial charge in [0.05, 0.1) is 6.20 Å². The van der Waals surface area contributed by atoms with Crippen LogP contribution in [0.4, 0.5) is 17.3 Å². The molecule has 4 rings (SSSR count). The lowest BCUT2D eigenvalue weighted by Gasteiger charge is -2.19. The predicted octanol–water partition coefficient (Wildman–Crippen LogP) is 3.55. The van der Waals surface area contributed by atoms with Crippen LogP contribution in [0, 0.1) is 11.3 Å². The molecule has 1 fully saturated rings. The highest BCUT2D eigenvalue weighted by molar-refractivity contribution is 6.06. The minimum atomic E-state index is -0.445. The summed E-state index contributed by atoms with van der Waals surface area (Å²) < 4.78 is 7.13. The first-order chi connectivity index (χ1) is 15.6. The summed E-state index contributed by atoms with van der Waals surface area (Å²) in [5.74, 6) is 0.956. The van der Waals surface area contributed by atoms with Gasteiger partial charge < -0.3 is 15.1 Å². The first kappa shape index (κ1) is 22.5. The average molecular weight is 452 g/mol. The Morgan fingerprint density at radius 1 is 1.33 bits per heavy atom. The van der Waals surface area contributed by atoms with Gasteiger partial charge >= 0.3 is 0 Å². The van der Waals surface area contributed by atoms with Crippen LogP contribution in [0.15, 0.2) is 35.2 Å². The van der Waals surface area contributed by atoms with Gasteiger partial charge in [-0.15, -0.1) is 0 Å². The number of rotatable bonds is 6. The second-order valence-electron chi connectivity index (χ2n) is 9.56. The van der Waals surface area contributed by atoms with Crippen LogP contribution in [-0.2, 0) is 11.8 Å². The molecule has 10 nitrogen and oxygen atoms in total. The molecule has 3 aromatic heterocycles. The summed E-state index contributed by atoms with van der Waals surface area (Å²) in [5.41, 5.74) is 1.39. The minimum absolute atomic E-state index is 0.00137. The number of pyridine rings is 1. The Morgan fingerprint density at radius 2 is 2.12 bits per heavy atom. The molecule has 1 aliphatic heterocycles. The van der Waals surface area contributed by atoms with Crippen molar-refractivity contribution in [1.82, 2.24) is 19.7 Å². The lowest BCUT2D eigenvalue weighted by Crippen LogP contribution is -2.28. The van der Waals surface area contributed by atoms with Gasteiger partial charge in [0.1, 0.15) is 17.8 Å². The molecule has 0 radical (unpaired) electrons. The first-order valence-corrected chi connectivity index (χ1v) is 10.9. The van der Waals surface area contributed by atoms with Crippen molar-refractivity contribution in [2.45, 2.75) is 34.1 Å². The van der Waals surface area contributed by atoms with Crippen LogP contribution in [0.25, 0.3) is 11.5 Å². The van der Waals surface area contributed by atoms with Gasteiger partial charge in [0.2, 0.25) is 11.8 Å². The van der Waals surface area contributed by atoms with Crippen molar-refractivity contribution in [3.63, 3.8) is 0 Å². The molecule has 2 amide bonds. The minimum Gasteiger partial charge on any atom is -0.444 e. The van der Waals surface area contributed by atoms with Gasteiger partial charge in [-0.1, -0.05) is 27.7 Å². The van der Waals surface area contributed by atoms with Crippen molar-refractivity contribution >= 4 is 29.1 Å². The molecule has 0 unspecified atom stereocenters. The molecule has 2 N–H and O–H groups in total. The molecule has 0 saturated carbocycles. The fourth-order valence-corrected chi connectivity index (χ4v) is 3.51. The lowest BCUT2D eigenvalue weighted by atomic mass is 9.97. The number of anilines is 3. The number of hydrogen-bond acceptors (Lipinski definition) is 7. The molecule has 3 aromatic rings. The lowest BCUT2D eigenvalue weighted by molar-refractivity contribution is -0.119. The maximum absolute atomic E-state index is 12.9. The van der Waals surface area contributed by atoms with E-state index >= 15 is 0 Å². The van der Waals surface area contributed by atoms with Gasteiger partial charge in [0.15, 0.2) is 11.5 Å². The molecular formula is C23H29N7O3. The quantitative estimate of drug-likeness (QED) is 0.588. The maximum atomic E-state index is 12.9. The number of nitrogens with zero attached hydrogens (tertiary/aromatic N) is 5. The molecule has 1 saturated heterocycles. The van der Waals surface area contributed by atoms with Gasteiger partial charge in [0, 0.05) is 37.8 Å². The fraction of sp³-hybridized carbons (Fsp3) is 0.435. The van der Waals surface area contributed by atoms with Gasteiger partial charge in [-0.2, -0.15) is 5.10 Å². The molecule has 4 heterocycles. The summed E-state index contributed by atoms with van der Waals surface area (Å²) in [6, 6.07) is 3.60. The number of carbonyl (C=O) groups excluding carboxylic acids is 2. The average Bonchev–Trinajstić information content (AvgIpc) is 3.46. The van der Waals surface area contributed by atoms with E-state index in [0.29, 0.717) is 35.3 Å². The van der Waals surface area contributed by atoms with Crippen molar-refractivity contribution < 1.29 is 14.0 Å². The van der Waals surface area contributed by atoms with Crippen molar-refractivity contribution in [2.24, 2.45) is 18.4 Å². The molecule has 174 valence electrons. The zero-order chi connectivity index (χ0) is 23.8. The number of hydrogen-bond donors (Lipinski definition) is 2. The smallest absolute Gasteiger partial charge is 0.277 e. The maximum Gasteiger partial charge on any atom is 0.277 e. The van der Waals surface area contributed by atoms with Crippen LogP contribution >= 0.6 is 0 Å². The fourth-order valence-electron chi connectivity index (χ4n) is 3.51. The van der Waals surface area contributed by atoms with Crippen LogP contribution < -0.4 is 15.5 Å². The van der Waals surface area contributed by atoms with Crippen LogP contribution in [-0.4, -0.2) is 44.7 Å². The second kappa shape index (κ2) is 8.68. The largest absolute Gasteiger partial charge is 0.444 e. The van der Waals surface area contributed by atoms with E-state index in [1.165, 1.54) is 6.26 Å². The molecule has 1 aliphatic rings. The molecule has 0 aromatic carbocycles. The van der Waals surface area contributed by atoms with E-state index < -0.39 is 5.91 Å². The topological polar surface area (TPSA) is 118 Å². The van der Waals surface area contributed by atoms with Crippen molar-refractivity contribution in [2.75, 3.05) is 28.6 Å². The number of oxazole rings is 1. The predicted molar refractivity (Wildman–Crippen MR) is 125 cm³/mol. The van der Waals surface area contributed by atoms with Crippen LogP contribution in [0.2, 0.25) is 0 Å². The van der Waals surface area contributed by atoms with E-state index in [2.05, 4.69) is 46.5 Å². The van der Waals surface area contributed by atoms with E-state index in [1.54, 1.807) is 35.1 Å². The Hall–Kier alpha value is -3.69. The number of amides is 2. The number of carbonyl (C=O) groups is 2. The standard InChI is InChI=1S/C23H29N7O3/c1-14-7-9-30(22(14)32)19-16(11-29(5)28-19)26-20(31)17-12-33-21(27-17)15-6-8-24-18(10-15)25-13-23(2,3)4/h6,8,10-12,14H,7,9,13H2,1-5H3,(H,24,25)(H,26,31)/t14-/m0/s1. The molecule has 0 aliphatic carbocycles. The third kappa shape index (κ3) is 5.05. The Bertz CT molecular complexity index is 1170. The third-order valence-electron chi connectivity index (χ3n) is 5.33. The SMILES string of the molecule is C[C@H]1CCN(c2nn(C)cc2NC(=O)c2coc(-c3ccnc(NCC(C)(C)C)c3)n2)C1=O. The van der Waals surface area contributed by atoms with Gasteiger partial charge in [-0.3, -0.25) is 19.2 Å². The Morgan fingerprint density at radius 3 is 2.82 bits per heavy atom. The summed E-state index contributed by atoms with van der Waals surface area (Å²) in [5, 5.41) is 10.5. The van der Waals surface area contributed by atoms with Crippen LogP contribution in [0.1, 0.15) is 44.6 Å². The number of nitrogens with one attached hydrogen (secondary N) is 2. The van der Waals surface area contributed by atoms with Gasteiger partial charge in [-0.05, 0) is 24.0 Å². The first-order valence-electron chi connectivity index (χ1n) is 10.9. The normalized spacial score (nSPS) is 16.3. The molecule has 0 bridgehead atoms. The van der Waals surface area contributed by atoms with Crippen molar-refractivity contribution in [3.8, 4) is 11.5 Å². The molecule has 33 heavy (non-hydrogen) atoms. The van der Waals surface area contributed by atoms with Gasteiger partial charge in [-0.25, -0.2) is 9.97 Å². The molecule has 1 atom stereocenters. The van der Waals surface area contributed by atoms with Crippen LogP contribution in [0.3, 0.4) is 0 Å². The van der Waals surface area contributed by atoms with E-state index in [0.717, 1.165) is 13.0 Å². The summed E-state index contributed by atoms with van der Waals surface area (Å²) >= 11 is 0. The third-order valence-corrected chi connectivity index (χ3v) is 5.33. The number of aromatic nitrogens is 4. The van der Waals surface area contributed by atoms with E-state index in [4.69, 9.17) is 4.42 Å². The van der Waals surface area contributed by atoms with E-state index in [-0.39, 0.29) is 22.9 Å². The molecular weight excluding hydrogens is 422 g/mol. The highest BCUT2D eigenvalue weighted by Crippen LogP contribution is 2.30. The van der Waals surface area contributed by atoms with E-state index in [9.17, 15) is 9.59 Å². The van der Waals surface area contributed by atoms with E-state index in [1.807, 2.05) is 13.0 Å². The van der Waals surface area contributed by atoms with Crippen LogP contribution in [0.5, 0.6) is 0 Å². The Labute approximate surface area is 192 Å². The van der Waals surface area contributed by atoms with Gasteiger partial charge in [0.25, 0.3) is 5.91 Å². The zero-order valence-corrected chi connectivity index (χ0v) is 19.5. The van der Waals surface area contributed by atoms with Crippen molar-refractivity contribution in [1.29, 1.82) is 0 Å². The molecule has 0 spiro atoms. The second-order valence-corrected chi connectivity index (χ2v) is 9.56. The Kier molecular flexibility index (Phi) is 5.92. The molecule has 10 heteroatoms. The highest BCUT2D eigenvalue weighted by Gasteiger charge is 2.32. The Balaban J connectivity index is 1.49. The number of aryl methyl sites for hydroxylation is 1. The monoisotopic (exact) mass is 451 g/mol. The summed E-state index contributed by atoms with van der Waals surface area (Å²) in [4.78, 5) is 35.6. The summed E-state index contributed by atoms with van der Waals surface area (Å²) in [6.45, 7) is 9.63. The highest BCUT2D eigenvalue weighted by atomic mass is 16.3. The summed E-state index contributed by atoms with van der Waals surface area (Å²) in [6.07, 6.45) is 5.40.